The monoisotopic (exact) mass is 193 g/mol. The van der Waals surface area contributed by atoms with Crippen molar-refractivity contribution in [1.82, 2.24) is 5.32 Å². The van der Waals surface area contributed by atoms with Crippen LogP contribution in [0.3, 0.4) is 0 Å². The van der Waals surface area contributed by atoms with Crippen LogP contribution in [0.25, 0.3) is 0 Å². The van der Waals surface area contributed by atoms with Crippen molar-refractivity contribution in [3.63, 3.8) is 0 Å². The summed E-state index contributed by atoms with van der Waals surface area (Å²) in [4.78, 5) is 11.5. The number of nitrogens with one attached hydrogen (secondary N) is 1. The molecule has 0 heterocycles. The molecule has 0 aliphatic heterocycles. The molecule has 76 valence electrons. The third-order valence-corrected chi connectivity index (χ3v) is 1.84. The minimum absolute atomic E-state index is 0.00500. The smallest absolute Gasteiger partial charge is 0.176 e. The van der Waals surface area contributed by atoms with Crippen molar-refractivity contribution in [1.29, 1.82) is 0 Å². The van der Waals surface area contributed by atoms with E-state index in [4.69, 9.17) is 5.11 Å². The van der Waals surface area contributed by atoms with E-state index in [0.29, 0.717) is 12.1 Å². The third kappa shape index (κ3) is 3.18. The summed E-state index contributed by atoms with van der Waals surface area (Å²) < 4.78 is 0. The molecule has 0 aliphatic rings. The number of hydrogen-bond donors (Lipinski definition) is 2. The molecule has 3 heteroatoms. The molecule has 14 heavy (non-hydrogen) atoms. The van der Waals surface area contributed by atoms with Crippen molar-refractivity contribution in [2.45, 2.75) is 19.9 Å². The highest BCUT2D eigenvalue weighted by Crippen LogP contribution is 2.10. The Hall–Kier alpha value is -1.35. The van der Waals surface area contributed by atoms with E-state index in [-0.39, 0.29) is 17.6 Å². The van der Waals surface area contributed by atoms with Crippen LogP contribution in [0.15, 0.2) is 24.3 Å². The zero-order valence-electron chi connectivity index (χ0n) is 8.45. The van der Waals surface area contributed by atoms with Gasteiger partial charge in [0.1, 0.15) is 5.75 Å². The molecule has 0 saturated heterocycles. The van der Waals surface area contributed by atoms with E-state index in [2.05, 4.69) is 5.32 Å². The minimum atomic E-state index is -0.00500. The first-order chi connectivity index (χ1) is 6.59. The summed E-state index contributed by atoms with van der Waals surface area (Å²) in [6, 6.07) is 6.68. The topological polar surface area (TPSA) is 49.3 Å². The maximum Gasteiger partial charge on any atom is 0.176 e. The largest absolute Gasteiger partial charge is 0.508 e. The highest BCUT2D eigenvalue weighted by Gasteiger charge is 2.06. The molecule has 0 amide bonds. The van der Waals surface area contributed by atoms with Gasteiger partial charge in [0, 0.05) is 11.6 Å². The Morgan fingerprint density at radius 2 is 2.21 bits per heavy atom. The number of carbonyl (C=O) groups is 1. The number of benzene rings is 1. The van der Waals surface area contributed by atoms with Gasteiger partial charge < -0.3 is 10.4 Å². The first kappa shape index (κ1) is 10.7. The normalized spacial score (nSPS) is 10.5. The Bertz CT molecular complexity index is 321. The number of rotatable bonds is 4. The summed E-state index contributed by atoms with van der Waals surface area (Å²) in [6.07, 6.45) is 0. The van der Waals surface area contributed by atoms with Gasteiger partial charge in [0.25, 0.3) is 0 Å². The van der Waals surface area contributed by atoms with Crippen molar-refractivity contribution in [2.75, 3.05) is 6.54 Å². The second-order valence-corrected chi connectivity index (χ2v) is 3.51. The van der Waals surface area contributed by atoms with E-state index < -0.39 is 0 Å². The number of aromatic hydroxyl groups is 1. The molecule has 0 aromatic heterocycles. The van der Waals surface area contributed by atoms with Gasteiger partial charge in [-0.1, -0.05) is 26.0 Å². The minimum Gasteiger partial charge on any atom is -0.508 e. The molecule has 0 atom stereocenters. The number of ketones is 1. The summed E-state index contributed by atoms with van der Waals surface area (Å²) >= 11 is 0. The number of carbonyl (C=O) groups excluding carboxylic acids is 1. The lowest BCUT2D eigenvalue weighted by Gasteiger charge is -2.06. The Morgan fingerprint density at radius 3 is 2.79 bits per heavy atom. The molecule has 1 rings (SSSR count). The lowest BCUT2D eigenvalue weighted by molar-refractivity contribution is 0.0988. The maximum absolute atomic E-state index is 11.5. The summed E-state index contributed by atoms with van der Waals surface area (Å²) in [5.74, 6) is 0.120. The van der Waals surface area contributed by atoms with Crippen molar-refractivity contribution in [3.05, 3.63) is 29.8 Å². The summed E-state index contributed by atoms with van der Waals surface area (Å²) in [6.45, 7) is 4.27. The fraction of sp³-hybridized carbons (Fsp3) is 0.364. The van der Waals surface area contributed by atoms with Crippen LogP contribution in [0, 0.1) is 0 Å². The molecule has 0 unspecified atom stereocenters. The average molecular weight is 193 g/mol. The predicted molar refractivity (Wildman–Crippen MR) is 55.6 cm³/mol. The van der Waals surface area contributed by atoms with E-state index >= 15 is 0 Å². The Labute approximate surface area is 83.8 Å². The van der Waals surface area contributed by atoms with Crippen LogP contribution in [0.4, 0.5) is 0 Å². The molecule has 3 nitrogen and oxygen atoms in total. The molecule has 0 fully saturated rings. The van der Waals surface area contributed by atoms with E-state index in [9.17, 15) is 4.79 Å². The lowest BCUT2D eigenvalue weighted by Crippen LogP contribution is -2.29. The fourth-order valence-electron chi connectivity index (χ4n) is 1.08. The van der Waals surface area contributed by atoms with E-state index in [1.165, 1.54) is 6.07 Å². The zero-order chi connectivity index (χ0) is 10.6. The SMILES string of the molecule is CC(C)NCC(=O)c1cccc(O)c1. The van der Waals surface area contributed by atoms with E-state index in [0.717, 1.165) is 0 Å². The van der Waals surface area contributed by atoms with Crippen molar-refractivity contribution in [3.8, 4) is 5.75 Å². The zero-order valence-corrected chi connectivity index (χ0v) is 8.45. The van der Waals surface area contributed by atoms with Crippen LogP contribution >= 0.6 is 0 Å². The van der Waals surface area contributed by atoms with E-state index in [1.807, 2.05) is 13.8 Å². The highest BCUT2D eigenvalue weighted by molar-refractivity contribution is 5.97. The highest BCUT2D eigenvalue weighted by atomic mass is 16.3. The summed E-state index contributed by atoms with van der Waals surface area (Å²) in [5.41, 5.74) is 0.540. The number of phenols is 1. The molecule has 1 aromatic carbocycles. The van der Waals surface area contributed by atoms with Crippen LogP contribution < -0.4 is 5.32 Å². The fourth-order valence-corrected chi connectivity index (χ4v) is 1.08. The molecule has 0 radical (unpaired) electrons. The Balaban J connectivity index is 2.61. The second kappa shape index (κ2) is 4.77. The summed E-state index contributed by atoms with van der Waals surface area (Å²) in [5, 5.41) is 12.2. The van der Waals surface area contributed by atoms with Crippen molar-refractivity contribution >= 4 is 5.78 Å². The van der Waals surface area contributed by atoms with Gasteiger partial charge in [-0.05, 0) is 12.1 Å². The first-order valence-electron chi connectivity index (χ1n) is 4.65. The van der Waals surface area contributed by atoms with Crippen LogP contribution in [-0.2, 0) is 0 Å². The third-order valence-electron chi connectivity index (χ3n) is 1.84. The van der Waals surface area contributed by atoms with Crippen LogP contribution in [0.5, 0.6) is 5.75 Å². The van der Waals surface area contributed by atoms with E-state index in [1.54, 1.807) is 18.2 Å². The molecule has 2 N–H and O–H groups in total. The Morgan fingerprint density at radius 1 is 1.50 bits per heavy atom. The van der Waals surface area contributed by atoms with Gasteiger partial charge in [0.2, 0.25) is 0 Å². The van der Waals surface area contributed by atoms with Gasteiger partial charge in [0.15, 0.2) is 5.78 Å². The molecule has 0 spiro atoms. The average Bonchev–Trinajstić information content (AvgIpc) is 2.14. The van der Waals surface area contributed by atoms with Gasteiger partial charge in [-0.25, -0.2) is 0 Å². The predicted octanol–water partition coefficient (Wildman–Crippen LogP) is 1.57. The Kier molecular flexibility index (Phi) is 3.65. The summed E-state index contributed by atoms with van der Waals surface area (Å²) in [7, 11) is 0. The lowest BCUT2D eigenvalue weighted by atomic mass is 10.1. The van der Waals surface area contributed by atoms with Gasteiger partial charge in [-0.3, -0.25) is 4.79 Å². The standard InChI is InChI=1S/C11H15NO2/c1-8(2)12-7-11(14)9-4-3-5-10(13)6-9/h3-6,8,12-13H,7H2,1-2H3. The van der Waals surface area contributed by atoms with Crippen molar-refractivity contribution in [2.24, 2.45) is 0 Å². The van der Waals surface area contributed by atoms with Gasteiger partial charge in [-0.15, -0.1) is 0 Å². The number of hydrogen-bond acceptors (Lipinski definition) is 3. The van der Waals surface area contributed by atoms with Crippen LogP contribution in [0.2, 0.25) is 0 Å². The number of phenolic OH excluding ortho intramolecular Hbond substituents is 1. The second-order valence-electron chi connectivity index (χ2n) is 3.51. The van der Waals surface area contributed by atoms with Crippen molar-refractivity contribution < 1.29 is 9.90 Å². The first-order valence-corrected chi connectivity index (χ1v) is 4.65. The number of Topliss-reactive ketones (excluding diaryl/α,β-unsaturated/α-hetero) is 1. The van der Waals surface area contributed by atoms with Gasteiger partial charge in [-0.2, -0.15) is 0 Å². The van der Waals surface area contributed by atoms with Gasteiger partial charge >= 0.3 is 0 Å². The molecule has 0 aliphatic carbocycles. The molecular weight excluding hydrogens is 178 g/mol. The molecular formula is C11H15NO2. The maximum atomic E-state index is 11.5. The van der Waals surface area contributed by atoms with Crippen LogP contribution in [-0.4, -0.2) is 23.5 Å². The quantitative estimate of drug-likeness (QED) is 0.714. The van der Waals surface area contributed by atoms with Gasteiger partial charge in [0.05, 0.1) is 6.54 Å². The molecule has 0 saturated carbocycles. The molecule has 1 aromatic rings. The van der Waals surface area contributed by atoms with Crippen LogP contribution in [0.1, 0.15) is 24.2 Å². The molecule has 0 bridgehead atoms.